The maximum atomic E-state index is 13.3. The number of aryl methyl sites for hydroxylation is 1. The van der Waals surface area contributed by atoms with E-state index in [0.29, 0.717) is 10.0 Å². The van der Waals surface area contributed by atoms with Crippen LogP contribution in [0.5, 0.6) is 0 Å². The van der Waals surface area contributed by atoms with Crippen molar-refractivity contribution in [3.05, 3.63) is 57.8 Å². The number of nitrogens with zero attached hydrogens (tertiary/aromatic N) is 1. The van der Waals surface area contributed by atoms with Gasteiger partial charge in [0.15, 0.2) is 0 Å². The highest BCUT2D eigenvalue weighted by Gasteiger charge is 2.19. The number of carbonyl (C=O) groups excluding carboxylic acids is 1. The van der Waals surface area contributed by atoms with E-state index in [9.17, 15) is 9.18 Å². The molecule has 0 spiro atoms. The third kappa shape index (κ3) is 2.67. The first kappa shape index (κ1) is 14.5. The summed E-state index contributed by atoms with van der Waals surface area (Å²) in [5, 5.41) is 0. The van der Waals surface area contributed by atoms with E-state index in [2.05, 4.69) is 15.9 Å². The first-order valence-electron chi connectivity index (χ1n) is 6.00. The fourth-order valence-electron chi connectivity index (χ4n) is 1.96. The Balaban J connectivity index is 2.42. The van der Waals surface area contributed by atoms with Crippen LogP contribution in [0.15, 0.2) is 40.9 Å². The summed E-state index contributed by atoms with van der Waals surface area (Å²) >= 11 is 3.20. The van der Waals surface area contributed by atoms with Crippen LogP contribution in [0.4, 0.5) is 15.8 Å². The number of nitrogen functional groups attached to an aromatic ring is 1. The molecule has 0 heterocycles. The molecule has 0 atom stereocenters. The van der Waals surface area contributed by atoms with Gasteiger partial charge in [-0.2, -0.15) is 0 Å². The second kappa shape index (κ2) is 5.63. The van der Waals surface area contributed by atoms with Crippen molar-refractivity contribution in [2.24, 2.45) is 0 Å². The highest BCUT2D eigenvalue weighted by molar-refractivity contribution is 9.10. The highest BCUT2D eigenvalue weighted by Crippen LogP contribution is 2.26. The van der Waals surface area contributed by atoms with Crippen molar-refractivity contribution >= 4 is 33.2 Å². The summed E-state index contributed by atoms with van der Waals surface area (Å²) in [6.07, 6.45) is 0. The molecule has 0 aliphatic rings. The molecule has 0 saturated carbocycles. The second-order valence-corrected chi connectivity index (χ2v) is 5.36. The van der Waals surface area contributed by atoms with Crippen LogP contribution >= 0.6 is 15.9 Å². The molecule has 0 saturated heterocycles. The van der Waals surface area contributed by atoms with Gasteiger partial charge in [0.1, 0.15) is 5.82 Å². The molecule has 0 aromatic heterocycles. The summed E-state index contributed by atoms with van der Waals surface area (Å²) in [4.78, 5) is 14.0. The molecule has 0 unspecified atom stereocenters. The Hall–Kier alpha value is -1.88. The van der Waals surface area contributed by atoms with Gasteiger partial charge in [0.2, 0.25) is 0 Å². The molecule has 3 nitrogen and oxygen atoms in total. The van der Waals surface area contributed by atoms with E-state index in [1.165, 1.54) is 17.0 Å². The van der Waals surface area contributed by atoms with Gasteiger partial charge >= 0.3 is 0 Å². The van der Waals surface area contributed by atoms with Gasteiger partial charge in [-0.1, -0.05) is 18.2 Å². The number of rotatable bonds is 2. The molecule has 2 aromatic carbocycles. The van der Waals surface area contributed by atoms with Crippen LogP contribution in [0.25, 0.3) is 0 Å². The van der Waals surface area contributed by atoms with Crippen molar-refractivity contribution in [3.63, 3.8) is 0 Å². The Kier molecular flexibility index (Phi) is 4.09. The molecular weight excluding hydrogens is 323 g/mol. The molecule has 0 aliphatic carbocycles. The molecule has 0 aliphatic heterocycles. The van der Waals surface area contributed by atoms with Crippen LogP contribution in [-0.2, 0) is 0 Å². The zero-order chi connectivity index (χ0) is 14.9. The van der Waals surface area contributed by atoms with Gasteiger partial charge in [0.25, 0.3) is 5.91 Å². The van der Waals surface area contributed by atoms with Crippen LogP contribution in [0.3, 0.4) is 0 Å². The fourth-order valence-corrected chi connectivity index (χ4v) is 2.44. The predicted octanol–water partition coefficient (Wildman–Crippen LogP) is 3.76. The first-order valence-corrected chi connectivity index (χ1v) is 6.79. The zero-order valence-corrected chi connectivity index (χ0v) is 12.7. The molecule has 0 fully saturated rings. The predicted molar refractivity (Wildman–Crippen MR) is 82.4 cm³/mol. The molecule has 2 rings (SSSR count). The topological polar surface area (TPSA) is 46.3 Å². The van der Waals surface area contributed by atoms with Gasteiger partial charge < -0.3 is 10.6 Å². The van der Waals surface area contributed by atoms with Crippen LogP contribution in [0.2, 0.25) is 0 Å². The summed E-state index contributed by atoms with van der Waals surface area (Å²) in [6, 6.07) is 10.1. The minimum absolute atomic E-state index is 0.0465. The van der Waals surface area contributed by atoms with Crippen LogP contribution in [-0.4, -0.2) is 13.0 Å². The summed E-state index contributed by atoms with van der Waals surface area (Å²) in [5.41, 5.74) is 7.59. The number of nitrogens with two attached hydrogens (primary N) is 1. The molecule has 1 amide bonds. The summed E-state index contributed by atoms with van der Waals surface area (Å²) in [7, 11) is 1.68. The van der Waals surface area contributed by atoms with Gasteiger partial charge in [-0.3, -0.25) is 4.79 Å². The van der Waals surface area contributed by atoms with E-state index < -0.39 is 5.82 Å². The Morgan fingerprint density at radius 3 is 2.60 bits per heavy atom. The largest absolute Gasteiger partial charge is 0.396 e. The SMILES string of the molecule is Cc1ccccc1N(C)C(=O)c1cc(N)c(F)cc1Br. The molecular formula is C15H14BrFN2O. The van der Waals surface area contributed by atoms with Gasteiger partial charge in [-0.25, -0.2) is 4.39 Å². The third-order valence-corrected chi connectivity index (χ3v) is 3.75. The standard InChI is InChI=1S/C15H14BrFN2O/c1-9-5-3-4-6-14(9)19(2)15(20)10-7-13(18)12(17)8-11(10)16/h3-8H,18H2,1-2H3. The van der Waals surface area contributed by atoms with Crippen molar-refractivity contribution in [1.82, 2.24) is 0 Å². The van der Waals surface area contributed by atoms with Gasteiger partial charge in [0.05, 0.1) is 11.3 Å². The Bertz CT molecular complexity index is 673. The van der Waals surface area contributed by atoms with Crippen LogP contribution < -0.4 is 10.6 Å². The fraction of sp³-hybridized carbons (Fsp3) is 0.133. The molecule has 5 heteroatoms. The minimum Gasteiger partial charge on any atom is -0.396 e. The van der Waals surface area contributed by atoms with Crippen LogP contribution in [0.1, 0.15) is 15.9 Å². The smallest absolute Gasteiger partial charge is 0.259 e. The molecule has 0 bridgehead atoms. The number of halogens is 2. The maximum absolute atomic E-state index is 13.3. The van der Waals surface area contributed by atoms with Gasteiger partial charge in [-0.05, 0) is 46.6 Å². The summed E-state index contributed by atoms with van der Waals surface area (Å²) < 4.78 is 13.7. The number of hydrogen-bond acceptors (Lipinski definition) is 2. The van der Waals surface area contributed by atoms with E-state index >= 15 is 0 Å². The number of anilines is 2. The second-order valence-electron chi connectivity index (χ2n) is 4.50. The monoisotopic (exact) mass is 336 g/mol. The lowest BCUT2D eigenvalue weighted by Gasteiger charge is -2.20. The summed E-state index contributed by atoms with van der Waals surface area (Å²) in [5.74, 6) is -0.801. The van der Waals surface area contributed by atoms with Crippen LogP contribution in [0, 0.1) is 12.7 Å². The van der Waals surface area contributed by atoms with Crippen molar-refractivity contribution < 1.29 is 9.18 Å². The number of amides is 1. The minimum atomic E-state index is -0.549. The van der Waals surface area contributed by atoms with Crippen molar-refractivity contribution in [2.75, 3.05) is 17.7 Å². The number of benzene rings is 2. The number of para-hydroxylation sites is 1. The molecule has 20 heavy (non-hydrogen) atoms. The van der Waals surface area contributed by atoms with E-state index in [1.54, 1.807) is 7.05 Å². The lowest BCUT2D eigenvalue weighted by atomic mass is 10.1. The van der Waals surface area contributed by atoms with E-state index in [0.717, 1.165) is 11.3 Å². The first-order chi connectivity index (χ1) is 9.41. The number of carbonyl (C=O) groups is 1. The lowest BCUT2D eigenvalue weighted by molar-refractivity contribution is 0.0992. The van der Waals surface area contributed by atoms with Gasteiger partial charge in [0, 0.05) is 17.2 Å². The molecule has 0 radical (unpaired) electrons. The van der Waals surface area contributed by atoms with E-state index in [1.807, 2.05) is 31.2 Å². The molecule has 104 valence electrons. The summed E-state index contributed by atoms with van der Waals surface area (Å²) in [6.45, 7) is 1.92. The van der Waals surface area contributed by atoms with Gasteiger partial charge in [-0.15, -0.1) is 0 Å². The average molecular weight is 337 g/mol. The quantitative estimate of drug-likeness (QED) is 0.849. The number of hydrogen-bond donors (Lipinski definition) is 1. The normalized spacial score (nSPS) is 10.4. The molecule has 2 aromatic rings. The lowest BCUT2D eigenvalue weighted by Crippen LogP contribution is -2.27. The molecule has 2 N–H and O–H groups in total. The van der Waals surface area contributed by atoms with E-state index in [4.69, 9.17) is 5.73 Å². The Morgan fingerprint density at radius 2 is 1.95 bits per heavy atom. The maximum Gasteiger partial charge on any atom is 0.259 e. The zero-order valence-electron chi connectivity index (χ0n) is 11.2. The Labute approximate surface area is 125 Å². The highest BCUT2D eigenvalue weighted by atomic mass is 79.9. The van der Waals surface area contributed by atoms with Crippen molar-refractivity contribution in [1.29, 1.82) is 0 Å². The van der Waals surface area contributed by atoms with Crippen molar-refractivity contribution in [3.8, 4) is 0 Å². The third-order valence-electron chi connectivity index (χ3n) is 3.10. The average Bonchev–Trinajstić information content (AvgIpc) is 2.42. The van der Waals surface area contributed by atoms with E-state index in [-0.39, 0.29) is 11.6 Å². The Morgan fingerprint density at radius 1 is 1.30 bits per heavy atom. The van der Waals surface area contributed by atoms with Crippen molar-refractivity contribution in [2.45, 2.75) is 6.92 Å².